The minimum Gasteiger partial charge on any atom is -0.464 e. The van der Waals surface area contributed by atoms with Crippen molar-refractivity contribution in [3.8, 4) is 0 Å². The minimum atomic E-state index is -1.04. The fourth-order valence-corrected chi connectivity index (χ4v) is 1.31. The van der Waals surface area contributed by atoms with E-state index in [9.17, 15) is 4.79 Å². The van der Waals surface area contributed by atoms with Gasteiger partial charge in [0, 0.05) is 6.20 Å². The normalized spacial score (nSPS) is 9.87. The minimum absolute atomic E-state index is 0.494. The van der Waals surface area contributed by atoms with E-state index in [1.807, 2.05) is 6.07 Å². The van der Waals surface area contributed by atoms with Crippen LogP contribution in [0.4, 0.5) is 16.2 Å². The number of aromatic amines is 1. The predicted octanol–water partition coefficient (Wildman–Crippen LogP) is 2.23. The van der Waals surface area contributed by atoms with Crippen molar-refractivity contribution < 1.29 is 9.90 Å². The molecule has 0 aliphatic rings. The molecule has 1 heterocycles. The molecule has 0 saturated heterocycles. The highest BCUT2D eigenvalue weighted by Crippen LogP contribution is 2.23. The van der Waals surface area contributed by atoms with Crippen LogP contribution in [-0.4, -0.2) is 21.4 Å². The van der Waals surface area contributed by atoms with Gasteiger partial charge in [-0.1, -0.05) is 18.2 Å². The fourth-order valence-electron chi connectivity index (χ4n) is 1.31. The first-order valence-electron chi connectivity index (χ1n) is 4.36. The summed E-state index contributed by atoms with van der Waals surface area (Å²) in [5, 5.41) is 15.4. The van der Waals surface area contributed by atoms with Crippen LogP contribution in [0.15, 0.2) is 42.7 Å². The third kappa shape index (κ3) is 1.80. The topological polar surface area (TPSA) is 69.2 Å². The molecule has 0 aliphatic carbocycles. The molecule has 0 aliphatic heterocycles. The molecule has 15 heavy (non-hydrogen) atoms. The zero-order chi connectivity index (χ0) is 10.7. The first kappa shape index (κ1) is 9.26. The lowest BCUT2D eigenvalue weighted by atomic mass is 10.3. The zero-order valence-corrected chi connectivity index (χ0v) is 7.79. The molecule has 5 heteroatoms. The monoisotopic (exact) mass is 203 g/mol. The van der Waals surface area contributed by atoms with Crippen LogP contribution in [0, 0.1) is 0 Å². The zero-order valence-electron chi connectivity index (χ0n) is 7.79. The lowest BCUT2D eigenvalue weighted by Crippen LogP contribution is -2.22. The molecule has 1 aromatic heterocycles. The molecular weight excluding hydrogens is 194 g/mol. The van der Waals surface area contributed by atoms with Crippen molar-refractivity contribution in [1.82, 2.24) is 10.2 Å². The predicted molar refractivity (Wildman–Crippen MR) is 55.2 cm³/mol. The molecule has 2 aromatic rings. The number of rotatable bonds is 2. The van der Waals surface area contributed by atoms with Crippen molar-refractivity contribution in [3.05, 3.63) is 42.7 Å². The molecule has 0 unspecified atom stereocenters. The van der Waals surface area contributed by atoms with Crippen LogP contribution in [-0.2, 0) is 0 Å². The smallest absolute Gasteiger partial charge is 0.416 e. The van der Waals surface area contributed by atoms with Gasteiger partial charge in [0.05, 0.1) is 17.6 Å². The summed E-state index contributed by atoms with van der Waals surface area (Å²) < 4.78 is 0. The average Bonchev–Trinajstić information content (AvgIpc) is 2.72. The molecule has 0 fully saturated rings. The Labute approximate surface area is 86.0 Å². The number of para-hydroxylation sites is 1. The Hall–Kier alpha value is -2.30. The molecule has 76 valence electrons. The van der Waals surface area contributed by atoms with E-state index < -0.39 is 6.09 Å². The quantitative estimate of drug-likeness (QED) is 0.786. The van der Waals surface area contributed by atoms with Gasteiger partial charge >= 0.3 is 6.09 Å². The first-order chi connectivity index (χ1) is 7.29. The van der Waals surface area contributed by atoms with Crippen molar-refractivity contribution in [2.45, 2.75) is 0 Å². The average molecular weight is 203 g/mol. The molecule has 0 radical (unpaired) electrons. The standard InChI is InChI=1S/C10H9N3O2/c14-10(15)13(9-6-11-12-7-9)8-4-2-1-3-5-8/h1-7H,(H,11,12)(H,14,15). The van der Waals surface area contributed by atoms with Crippen molar-refractivity contribution in [2.75, 3.05) is 4.90 Å². The van der Waals surface area contributed by atoms with Gasteiger partial charge in [-0.15, -0.1) is 0 Å². The van der Waals surface area contributed by atoms with Crippen molar-refractivity contribution in [1.29, 1.82) is 0 Å². The SMILES string of the molecule is O=C(O)N(c1ccccc1)c1cn[nH]c1. The second-order valence-electron chi connectivity index (χ2n) is 2.91. The van der Waals surface area contributed by atoms with Gasteiger partial charge in [0.25, 0.3) is 0 Å². The van der Waals surface area contributed by atoms with Crippen LogP contribution in [0.2, 0.25) is 0 Å². The first-order valence-corrected chi connectivity index (χ1v) is 4.36. The summed E-state index contributed by atoms with van der Waals surface area (Å²) >= 11 is 0. The lowest BCUT2D eigenvalue weighted by Gasteiger charge is -2.16. The van der Waals surface area contributed by atoms with Gasteiger partial charge in [0.15, 0.2) is 0 Å². The highest BCUT2D eigenvalue weighted by Gasteiger charge is 2.16. The van der Waals surface area contributed by atoms with Gasteiger partial charge in [-0.05, 0) is 12.1 Å². The summed E-state index contributed by atoms with van der Waals surface area (Å²) in [6.07, 6.45) is 1.95. The van der Waals surface area contributed by atoms with E-state index >= 15 is 0 Å². The third-order valence-electron chi connectivity index (χ3n) is 1.95. The maximum atomic E-state index is 11.1. The Morgan fingerprint density at radius 2 is 2.00 bits per heavy atom. The van der Waals surface area contributed by atoms with E-state index in [0.717, 1.165) is 4.90 Å². The number of amides is 1. The van der Waals surface area contributed by atoms with Gasteiger partial charge < -0.3 is 5.11 Å². The second-order valence-corrected chi connectivity index (χ2v) is 2.91. The van der Waals surface area contributed by atoms with Crippen LogP contribution in [0.1, 0.15) is 0 Å². The van der Waals surface area contributed by atoms with E-state index in [1.165, 1.54) is 12.4 Å². The van der Waals surface area contributed by atoms with Gasteiger partial charge in [0.1, 0.15) is 0 Å². The summed E-state index contributed by atoms with van der Waals surface area (Å²) in [4.78, 5) is 12.2. The highest BCUT2D eigenvalue weighted by atomic mass is 16.4. The number of anilines is 2. The molecule has 0 spiro atoms. The Morgan fingerprint density at radius 3 is 2.53 bits per heavy atom. The Kier molecular flexibility index (Phi) is 2.37. The summed E-state index contributed by atoms with van der Waals surface area (Å²) in [6, 6.07) is 8.85. The number of nitrogens with one attached hydrogen (secondary N) is 1. The molecule has 2 rings (SSSR count). The Morgan fingerprint density at radius 1 is 1.27 bits per heavy atom. The summed E-state index contributed by atoms with van der Waals surface area (Å²) in [7, 11) is 0. The van der Waals surface area contributed by atoms with E-state index in [0.29, 0.717) is 11.4 Å². The third-order valence-corrected chi connectivity index (χ3v) is 1.95. The summed E-state index contributed by atoms with van der Waals surface area (Å²) in [5.74, 6) is 0. The largest absolute Gasteiger partial charge is 0.464 e. The Balaban J connectivity index is 2.42. The van der Waals surface area contributed by atoms with E-state index in [2.05, 4.69) is 10.2 Å². The molecule has 0 saturated carbocycles. The van der Waals surface area contributed by atoms with Crippen LogP contribution < -0.4 is 4.90 Å². The highest BCUT2D eigenvalue weighted by molar-refractivity contribution is 5.94. The number of aromatic nitrogens is 2. The molecule has 5 nitrogen and oxygen atoms in total. The molecular formula is C10H9N3O2. The number of nitrogens with zero attached hydrogens (tertiary/aromatic N) is 2. The van der Waals surface area contributed by atoms with Crippen molar-refractivity contribution in [3.63, 3.8) is 0 Å². The second kappa shape index (κ2) is 3.83. The lowest BCUT2D eigenvalue weighted by molar-refractivity contribution is 0.205. The molecule has 1 amide bonds. The number of carboxylic acid groups (broad SMARTS) is 1. The molecule has 2 N–H and O–H groups in total. The number of H-pyrrole nitrogens is 1. The summed E-state index contributed by atoms with van der Waals surface area (Å²) in [5.41, 5.74) is 1.08. The van der Waals surface area contributed by atoms with E-state index in [1.54, 1.807) is 24.3 Å². The van der Waals surface area contributed by atoms with Crippen LogP contribution in [0.3, 0.4) is 0 Å². The maximum absolute atomic E-state index is 11.1. The maximum Gasteiger partial charge on any atom is 0.416 e. The molecule has 0 atom stereocenters. The van der Waals surface area contributed by atoms with Crippen LogP contribution in [0.25, 0.3) is 0 Å². The van der Waals surface area contributed by atoms with Gasteiger partial charge in [-0.2, -0.15) is 5.10 Å². The van der Waals surface area contributed by atoms with Gasteiger partial charge in [0.2, 0.25) is 0 Å². The number of hydrogen-bond donors (Lipinski definition) is 2. The van der Waals surface area contributed by atoms with Crippen LogP contribution in [0.5, 0.6) is 0 Å². The fraction of sp³-hybridized carbons (Fsp3) is 0. The van der Waals surface area contributed by atoms with Gasteiger partial charge in [-0.3, -0.25) is 5.10 Å². The number of hydrogen-bond acceptors (Lipinski definition) is 2. The molecule has 1 aromatic carbocycles. The Bertz CT molecular complexity index is 439. The van der Waals surface area contributed by atoms with E-state index in [-0.39, 0.29) is 0 Å². The van der Waals surface area contributed by atoms with Crippen molar-refractivity contribution in [2.24, 2.45) is 0 Å². The number of carbonyl (C=O) groups is 1. The van der Waals surface area contributed by atoms with E-state index in [4.69, 9.17) is 5.11 Å². The van der Waals surface area contributed by atoms with Gasteiger partial charge in [-0.25, -0.2) is 9.69 Å². The number of benzene rings is 1. The molecule has 0 bridgehead atoms. The summed E-state index contributed by atoms with van der Waals surface area (Å²) in [6.45, 7) is 0. The van der Waals surface area contributed by atoms with Crippen molar-refractivity contribution >= 4 is 17.5 Å². The van der Waals surface area contributed by atoms with Crippen LogP contribution >= 0.6 is 0 Å².